The Labute approximate surface area is 80.5 Å². The van der Waals surface area contributed by atoms with Gasteiger partial charge in [0.25, 0.3) is 0 Å². The van der Waals surface area contributed by atoms with Crippen molar-refractivity contribution in [2.75, 3.05) is 6.54 Å². The van der Waals surface area contributed by atoms with Gasteiger partial charge in [0.15, 0.2) is 0 Å². The third-order valence-corrected chi connectivity index (χ3v) is 2.71. The summed E-state index contributed by atoms with van der Waals surface area (Å²) in [5, 5.41) is 10.8. The first-order chi connectivity index (χ1) is 6.04. The van der Waals surface area contributed by atoms with E-state index in [1.165, 1.54) is 6.42 Å². The zero-order valence-corrected chi connectivity index (χ0v) is 8.89. The van der Waals surface area contributed by atoms with Crippen LogP contribution in [0.2, 0.25) is 0 Å². The Balaban J connectivity index is 3.76. The van der Waals surface area contributed by atoms with Crippen LogP contribution in [0.15, 0.2) is 0 Å². The molecule has 0 radical (unpaired) electrons. The number of rotatable bonds is 6. The van der Waals surface area contributed by atoms with Crippen LogP contribution < -0.4 is 5.32 Å². The van der Waals surface area contributed by atoms with Crippen molar-refractivity contribution >= 4 is 6.09 Å². The summed E-state index contributed by atoms with van der Waals surface area (Å²) in [5.41, 5.74) is 0.303. The summed E-state index contributed by atoms with van der Waals surface area (Å²) in [5.74, 6) is 0. The fourth-order valence-electron chi connectivity index (χ4n) is 1.55. The van der Waals surface area contributed by atoms with E-state index in [-0.39, 0.29) is 0 Å². The number of hydrogen-bond donors (Lipinski definition) is 2. The van der Waals surface area contributed by atoms with E-state index in [1.807, 2.05) is 0 Å². The lowest BCUT2D eigenvalue weighted by atomic mass is 9.80. The third-order valence-electron chi connectivity index (χ3n) is 2.71. The molecule has 0 aliphatic heterocycles. The van der Waals surface area contributed by atoms with Gasteiger partial charge in [-0.05, 0) is 18.3 Å². The average molecular weight is 187 g/mol. The summed E-state index contributed by atoms with van der Waals surface area (Å²) < 4.78 is 0. The number of carbonyl (C=O) groups is 1. The zero-order chi connectivity index (χ0) is 10.3. The van der Waals surface area contributed by atoms with E-state index >= 15 is 0 Å². The Morgan fingerprint density at radius 1 is 1.38 bits per heavy atom. The molecule has 2 N–H and O–H groups in total. The fourth-order valence-corrected chi connectivity index (χ4v) is 1.55. The highest BCUT2D eigenvalue weighted by Crippen LogP contribution is 2.30. The van der Waals surface area contributed by atoms with Gasteiger partial charge in [-0.25, -0.2) is 4.79 Å². The highest BCUT2D eigenvalue weighted by Gasteiger charge is 2.20. The molecular weight excluding hydrogens is 166 g/mol. The van der Waals surface area contributed by atoms with Crippen molar-refractivity contribution < 1.29 is 9.90 Å². The van der Waals surface area contributed by atoms with Gasteiger partial charge in [0.1, 0.15) is 0 Å². The fraction of sp³-hybridized carbons (Fsp3) is 0.900. The normalized spacial score (nSPS) is 15.0. The summed E-state index contributed by atoms with van der Waals surface area (Å²) in [7, 11) is 0. The second-order valence-electron chi connectivity index (χ2n) is 3.90. The lowest BCUT2D eigenvalue weighted by Crippen LogP contribution is -2.27. The number of carboxylic acid groups (broad SMARTS) is 1. The third kappa shape index (κ3) is 5.50. The second kappa shape index (κ2) is 5.84. The zero-order valence-electron chi connectivity index (χ0n) is 8.89. The van der Waals surface area contributed by atoms with Crippen molar-refractivity contribution in [2.24, 2.45) is 5.41 Å². The molecule has 78 valence electrons. The van der Waals surface area contributed by atoms with Gasteiger partial charge in [0, 0.05) is 6.54 Å². The van der Waals surface area contributed by atoms with Gasteiger partial charge in [-0.15, -0.1) is 0 Å². The average Bonchev–Trinajstić information content (AvgIpc) is 2.04. The maximum Gasteiger partial charge on any atom is 0.404 e. The van der Waals surface area contributed by atoms with Crippen LogP contribution in [0, 0.1) is 5.41 Å². The molecule has 3 heteroatoms. The van der Waals surface area contributed by atoms with Crippen LogP contribution in [-0.2, 0) is 0 Å². The van der Waals surface area contributed by atoms with Crippen LogP contribution >= 0.6 is 0 Å². The van der Waals surface area contributed by atoms with Crippen molar-refractivity contribution in [1.29, 1.82) is 0 Å². The van der Waals surface area contributed by atoms with Crippen LogP contribution in [0.3, 0.4) is 0 Å². The maximum absolute atomic E-state index is 10.2. The molecule has 0 aromatic rings. The molecule has 13 heavy (non-hydrogen) atoms. The second-order valence-corrected chi connectivity index (χ2v) is 3.90. The summed E-state index contributed by atoms with van der Waals surface area (Å²) in [4.78, 5) is 10.2. The molecule has 0 aromatic carbocycles. The van der Waals surface area contributed by atoms with Crippen LogP contribution in [0.1, 0.15) is 46.5 Å². The molecule has 0 aliphatic rings. The molecule has 0 bridgehead atoms. The van der Waals surface area contributed by atoms with Gasteiger partial charge in [-0.2, -0.15) is 0 Å². The van der Waals surface area contributed by atoms with E-state index in [1.54, 1.807) is 0 Å². The Morgan fingerprint density at radius 3 is 2.38 bits per heavy atom. The maximum atomic E-state index is 10.2. The predicted octanol–water partition coefficient (Wildman–Crippen LogP) is 2.86. The van der Waals surface area contributed by atoms with Crippen molar-refractivity contribution in [3.05, 3.63) is 0 Å². The van der Waals surface area contributed by atoms with Gasteiger partial charge in [0.05, 0.1) is 0 Å². The highest BCUT2D eigenvalue weighted by atomic mass is 16.4. The molecule has 0 fully saturated rings. The summed E-state index contributed by atoms with van der Waals surface area (Å²) in [6, 6.07) is 0. The smallest absolute Gasteiger partial charge is 0.404 e. The van der Waals surface area contributed by atoms with E-state index in [9.17, 15) is 4.79 Å². The number of amides is 1. The van der Waals surface area contributed by atoms with Crippen molar-refractivity contribution in [1.82, 2.24) is 5.32 Å². The SMILES string of the molecule is CCCC(C)(CC)CCNC(=O)O. The molecule has 0 aliphatic carbocycles. The molecule has 3 nitrogen and oxygen atoms in total. The minimum atomic E-state index is -0.921. The Hall–Kier alpha value is -0.730. The Morgan fingerprint density at radius 2 is 2.00 bits per heavy atom. The van der Waals surface area contributed by atoms with Gasteiger partial charge in [0.2, 0.25) is 0 Å². The van der Waals surface area contributed by atoms with E-state index in [0.29, 0.717) is 12.0 Å². The summed E-state index contributed by atoms with van der Waals surface area (Å²) in [6.07, 6.45) is 3.46. The monoisotopic (exact) mass is 187 g/mol. The first-order valence-electron chi connectivity index (χ1n) is 5.01. The number of hydrogen-bond acceptors (Lipinski definition) is 1. The van der Waals surface area contributed by atoms with Crippen LogP contribution in [0.25, 0.3) is 0 Å². The minimum absolute atomic E-state index is 0.303. The predicted molar refractivity (Wildman–Crippen MR) is 54.0 cm³/mol. The van der Waals surface area contributed by atoms with Crippen molar-refractivity contribution in [3.8, 4) is 0 Å². The molecule has 0 saturated heterocycles. The molecule has 1 unspecified atom stereocenters. The first-order valence-corrected chi connectivity index (χ1v) is 5.01. The lowest BCUT2D eigenvalue weighted by molar-refractivity contribution is 0.189. The van der Waals surface area contributed by atoms with E-state index < -0.39 is 6.09 Å². The molecule has 1 atom stereocenters. The van der Waals surface area contributed by atoms with Crippen LogP contribution in [-0.4, -0.2) is 17.7 Å². The van der Waals surface area contributed by atoms with E-state index in [4.69, 9.17) is 5.11 Å². The van der Waals surface area contributed by atoms with Gasteiger partial charge >= 0.3 is 6.09 Å². The molecule has 1 amide bonds. The molecule has 0 heterocycles. The number of nitrogens with one attached hydrogen (secondary N) is 1. The highest BCUT2D eigenvalue weighted by molar-refractivity contribution is 5.64. The Kier molecular flexibility index (Phi) is 5.51. The molecular formula is C10H21NO2. The lowest BCUT2D eigenvalue weighted by Gasteiger charge is -2.27. The van der Waals surface area contributed by atoms with Crippen LogP contribution in [0.4, 0.5) is 4.79 Å². The molecule has 0 aromatic heterocycles. The van der Waals surface area contributed by atoms with Crippen molar-refractivity contribution in [3.63, 3.8) is 0 Å². The van der Waals surface area contributed by atoms with Gasteiger partial charge in [-0.3, -0.25) is 0 Å². The summed E-state index contributed by atoms with van der Waals surface area (Å²) in [6.45, 7) is 7.12. The van der Waals surface area contributed by atoms with Gasteiger partial charge in [-0.1, -0.05) is 33.6 Å². The summed E-state index contributed by atoms with van der Waals surface area (Å²) >= 11 is 0. The van der Waals surface area contributed by atoms with E-state index in [0.717, 1.165) is 19.3 Å². The molecule has 0 rings (SSSR count). The van der Waals surface area contributed by atoms with Crippen molar-refractivity contribution in [2.45, 2.75) is 46.5 Å². The largest absolute Gasteiger partial charge is 0.465 e. The molecule has 0 spiro atoms. The Bertz CT molecular complexity index is 159. The standard InChI is InChI=1S/C10H21NO2/c1-4-6-10(3,5-2)7-8-11-9(12)13/h11H,4-8H2,1-3H3,(H,12,13). The van der Waals surface area contributed by atoms with E-state index in [2.05, 4.69) is 26.1 Å². The molecule has 0 saturated carbocycles. The first kappa shape index (κ1) is 12.3. The van der Waals surface area contributed by atoms with Gasteiger partial charge < -0.3 is 10.4 Å². The van der Waals surface area contributed by atoms with Crippen LogP contribution in [0.5, 0.6) is 0 Å². The topological polar surface area (TPSA) is 49.3 Å². The quantitative estimate of drug-likeness (QED) is 0.671. The minimum Gasteiger partial charge on any atom is -0.465 e.